The van der Waals surface area contributed by atoms with Gasteiger partial charge < -0.3 is 42.6 Å². The van der Waals surface area contributed by atoms with Crippen molar-refractivity contribution in [3.05, 3.63) is 47.2 Å². The van der Waals surface area contributed by atoms with E-state index in [1.54, 1.807) is 26.4 Å². The smallest absolute Gasteiger partial charge is 0.338 e. The molecule has 0 spiro atoms. The van der Waals surface area contributed by atoms with Crippen LogP contribution in [-0.4, -0.2) is 114 Å². The molecule has 3 aromatic rings. The first kappa shape index (κ1) is 36.8. The summed E-state index contributed by atoms with van der Waals surface area (Å²) >= 11 is 0. The molecule has 2 aromatic carbocycles. The normalized spacial score (nSPS) is 24.3. The van der Waals surface area contributed by atoms with E-state index in [1.165, 1.54) is 50.6 Å². The van der Waals surface area contributed by atoms with E-state index >= 15 is 0 Å². The van der Waals surface area contributed by atoms with Crippen molar-refractivity contribution in [1.29, 1.82) is 0 Å². The molecule has 12 nitrogen and oxygen atoms in total. The van der Waals surface area contributed by atoms with Gasteiger partial charge in [0.25, 0.3) is 0 Å². The summed E-state index contributed by atoms with van der Waals surface area (Å²) in [6, 6.07) is 9.68. The molecule has 3 heterocycles. The van der Waals surface area contributed by atoms with Crippen molar-refractivity contribution in [2.24, 2.45) is 17.8 Å². The minimum atomic E-state index is -0.683. The summed E-state index contributed by atoms with van der Waals surface area (Å²) in [5.41, 5.74) is 4.16. The van der Waals surface area contributed by atoms with Gasteiger partial charge in [-0.1, -0.05) is 13.8 Å². The molecule has 1 saturated carbocycles. The third kappa shape index (κ3) is 6.73. The van der Waals surface area contributed by atoms with Crippen LogP contribution in [-0.2, 0) is 32.0 Å². The molecule has 3 aliphatic rings. The minimum absolute atomic E-state index is 0.0329. The fraction of sp³-hybridized carbons (Fsp3) is 0.590. The van der Waals surface area contributed by atoms with E-state index in [9.17, 15) is 9.59 Å². The predicted molar refractivity (Wildman–Crippen MR) is 192 cm³/mol. The summed E-state index contributed by atoms with van der Waals surface area (Å²) in [7, 11) is 9.21. The molecular weight excluding hydrogens is 654 g/mol. The Labute approximate surface area is 300 Å². The van der Waals surface area contributed by atoms with Gasteiger partial charge in [-0.3, -0.25) is 9.69 Å². The fourth-order valence-corrected chi connectivity index (χ4v) is 9.02. The molecule has 12 heteroatoms. The molecule has 2 fully saturated rings. The van der Waals surface area contributed by atoms with E-state index < -0.39 is 24.1 Å². The van der Waals surface area contributed by atoms with Crippen LogP contribution in [0.2, 0.25) is 0 Å². The van der Waals surface area contributed by atoms with Crippen molar-refractivity contribution in [3.8, 4) is 23.0 Å². The molecule has 6 atom stereocenters. The van der Waals surface area contributed by atoms with Crippen molar-refractivity contribution >= 4 is 22.8 Å². The van der Waals surface area contributed by atoms with Gasteiger partial charge in [0, 0.05) is 50.4 Å². The number of benzene rings is 2. The van der Waals surface area contributed by atoms with Gasteiger partial charge in [-0.25, -0.2) is 4.79 Å². The van der Waals surface area contributed by atoms with Gasteiger partial charge in [-0.15, -0.1) is 0 Å². The van der Waals surface area contributed by atoms with E-state index in [-0.39, 0.29) is 29.4 Å². The number of nitrogens with zero attached hydrogens (tertiary/aromatic N) is 3. The summed E-state index contributed by atoms with van der Waals surface area (Å²) in [5.74, 6) is 0.449. The van der Waals surface area contributed by atoms with Crippen LogP contribution in [0.5, 0.6) is 23.0 Å². The van der Waals surface area contributed by atoms with Crippen molar-refractivity contribution in [2.75, 3.05) is 75.4 Å². The Balaban J connectivity index is 1.34. The Morgan fingerprint density at radius 2 is 1.63 bits per heavy atom. The number of methoxy groups -OCH3 is 6. The number of fused-ring (bicyclic) bond motifs is 6. The highest BCUT2D eigenvalue weighted by molar-refractivity contribution is 5.91. The topological polar surface area (TPSA) is 110 Å². The number of hydrogen-bond acceptors (Lipinski definition) is 11. The van der Waals surface area contributed by atoms with Crippen molar-refractivity contribution < 1.29 is 42.7 Å². The quantitative estimate of drug-likeness (QED) is 0.224. The van der Waals surface area contributed by atoms with Gasteiger partial charge in [-0.05, 0) is 74.0 Å². The van der Waals surface area contributed by atoms with E-state index in [4.69, 9.17) is 33.2 Å². The molecule has 1 saturated heterocycles. The van der Waals surface area contributed by atoms with Crippen molar-refractivity contribution in [3.63, 3.8) is 0 Å². The van der Waals surface area contributed by atoms with Crippen LogP contribution in [0, 0.1) is 17.8 Å². The number of piperidine rings is 1. The number of likely N-dealkylation sites (N-methyl/N-ethyl adjacent to an activating group) is 1. The third-order valence-corrected chi connectivity index (χ3v) is 11.6. The van der Waals surface area contributed by atoms with Gasteiger partial charge in [0.1, 0.15) is 18.0 Å². The largest absolute Gasteiger partial charge is 0.497 e. The first-order valence-corrected chi connectivity index (χ1v) is 18.0. The fourth-order valence-electron chi connectivity index (χ4n) is 9.02. The van der Waals surface area contributed by atoms with E-state index in [0.29, 0.717) is 23.7 Å². The summed E-state index contributed by atoms with van der Waals surface area (Å²) in [5, 5.41) is 1.27. The molecule has 0 radical (unpaired) electrons. The van der Waals surface area contributed by atoms with Crippen LogP contribution in [0.3, 0.4) is 0 Å². The number of aromatic nitrogens is 1. The Bertz CT molecular complexity index is 1690. The maximum absolute atomic E-state index is 13.7. The number of carbonyl (C=O) groups excluding carboxylic acids is 2. The zero-order chi connectivity index (χ0) is 36.4. The van der Waals surface area contributed by atoms with Gasteiger partial charge in [0.15, 0.2) is 11.5 Å². The summed E-state index contributed by atoms with van der Waals surface area (Å²) in [6.07, 6.45) is 0.911. The lowest BCUT2D eigenvalue weighted by Crippen LogP contribution is -2.58. The summed E-state index contributed by atoms with van der Waals surface area (Å²) in [6.45, 7) is 9.88. The van der Waals surface area contributed by atoms with Gasteiger partial charge in [0.05, 0.1) is 58.6 Å². The zero-order valence-electron chi connectivity index (χ0n) is 31.2. The molecule has 1 unspecified atom stereocenters. The van der Waals surface area contributed by atoms with Crippen LogP contribution in [0.1, 0.15) is 54.3 Å². The van der Waals surface area contributed by atoms with Crippen molar-refractivity contribution in [1.82, 2.24) is 14.4 Å². The lowest BCUT2D eigenvalue weighted by molar-refractivity contribution is -0.176. The van der Waals surface area contributed by atoms with Crippen LogP contribution in [0.4, 0.5) is 0 Å². The third-order valence-electron chi connectivity index (χ3n) is 11.6. The number of hydrogen-bond donors (Lipinski definition) is 0. The van der Waals surface area contributed by atoms with E-state index in [0.717, 1.165) is 57.9 Å². The average molecular weight is 708 g/mol. The highest BCUT2D eigenvalue weighted by atomic mass is 16.6. The molecule has 1 aliphatic carbocycles. The second-order valence-electron chi connectivity index (χ2n) is 13.7. The molecule has 1 aromatic heterocycles. The number of ether oxygens (including phenoxy) is 7. The summed E-state index contributed by atoms with van der Waals surface area (Å²) in [4.78, 5) is 32.5. The average Bonchev–Trinajstić information content (AvgIpc) is 3.48. The number of esters is 2. The van der Waals surface area contributed by atoms with Gasteiger partial charge in [0.2, 0.25) is 5.75 Å². The lowest BCUT2D eigenvalue weighted by atomic mass is 9.63. The Hall–Kier alpha value is -4.00. The van der Waals surface area contributed by atoms with E-state index in [2.05, 4.69) is 46.4 Å². The van der Waals surface area contributed by atoms with Gasteiger partial charge in [-0.2, -0.15) is 0 Å². The van der Waals surface area contributed by atoms with Crippen LogP contribution < -0.4 is 18.9 Å². The molecule has 6 rings (SSSR count). The first-order chi connectivity index (χ1) is 24.7. The predicted octanol–water partition coefficient (Wildman–Crippen LogP) is 4.99. The molecule has 278 valence electrons. The Morgan fingerprint density at radius 1 is 0.902 bits per heavy atom. The van der Waals surface area contributed by atoms with Crippen LogP contribution >= 0.6 is 0 Å². The standard InChI is InChI=1S/C39H53N3O9/c1-9-40(10-2)15-16-42-29-20-25(45-3)11-12-26(29)27-13-14-41-22-24-19-33(37(49-7)34(39(44)50-8)28(24)21-30(41)35(27)42)51-38(43)23-17-31(46-4)36(48-6)32(18-23)47-5/h11-12,17-18,20,24,28,30,33-34,37H,9-10,13-16,19,21-22H2,1-8H3/t24-,28+,30-,33-,34?,37+/m1/s1. The zero-order valence-corrected chi connectivity index (χ0v) is 31.2. The monoisotopic (exact) mass is 707 g/mol. The highest BCUT2D eigenvalue weighted by Crippen LogP contribution is 2.51. The number of rotatable bonds is 13. The second kappa shape index (κ2) is 15.7. The Kier molecular flexibility index (Phi) is 11.3. The first-order valence-electron chi connectivity index (χ1n) is 18.0. The minimum Gasteiger partial charge on any atom is -0.497 e. The molecule has 51 heavy (non-hydrogen) atoms. The molecule has 0 bridgehead atoms. The van der Waals surface area contributed by atoms with Crippen LogP contribution in [0.25, 0.3) is 10.9 Å². The van der Waals surface area contributed by atoms with Crippen LogP contribution in [0.15, 0.2) is 30.3 Å². The second-order valence-corrected chi connectivity index (χ2v) is 13.7. The molecule has 2 aliphatic heterocycles. The Morgan fingerprint density at radius 3 is 2.24 bits per heavy atom. The molecule has 0 amide bonds. The molecule has 0 N–H and O–H groups in total. The maximum Gasteiger partial charge on any atom is 0.338 e. The SMILES string of the molecule is CCN(CC)CCn1c2c(c3ccc(OC)cc31)CCN1C[C@H]3C[C@@H](OC(=O)c4cc(OC)c(OC)c(OC)c4)[C@H](OC)C(C(=O)OC)[C@H]3C[C@H]21. The lowest BCUT2D eigenvalue weighted by Gasteiger charge is -2.53. The molecular formula is C39H53N3O9. The summed E-state index contributed by atoms with van der Waals surface area (Å²) < 4.78 is 42.3. The maximum atomic E-state index is 13.7. The highest BCUT2D eigenvalue weighted by Gasteiger charge is 2.55. The van der Waals surface area contributed by atoms with E-state index in [1.807, 2.05) is 0 Å². The van der Waals surface area contributed by atoms with Gasteiger partial charge >= 0.3 is 11.9 Å². The number of carbonyl (C=O) groups is 2. The van der Waals surface area contributed by atoms with Crippen molar-refractivity contribution in [2.45, 2.75) is 57.9 Å².